The number of hydrogen-bond donors (Lipinski definition) is 2. The largest absolute Gasteiger partial charge is 0.481 e. The van der Waals surface area contributed by atoms with Crippen LogP contribution in [-0.2, 0) is 9.59 Å². The number of aliphatic carboxylic acids is 2. The van der Waals surface area contributed by atoms with Gasteiger partial charge >= 0.3 is 11.9 Å². The van der Waals surface area contributed by atoms with E-state index >= 15 is 0 Å². The fraction of sp³-hybridized carbons (Fsp3) is 0.875. The van der Waals surface area contributed by atoms with Crippen molar-refractivity contribution in [1.29, 1.82) is 0 Å². The van der Waals surface area contributed by atoms with Gasteiger partial charge in [-0.25, -0.2) is 0 Å². The highest BCUT2D eigenvalue weighted by atomic mass is 16.4. The first-order valence-electron chi connectivity index (χ1n) is 8.05. The number of hydrogen-bond acceptors (Lipinski definition) is 3. The van der Waals surface area contributed by atoms with E-state index in [1.807, 2.05) is 0 Å². The maximum absolute atomic E-state index is 10.4. The predicted molar refractivity (Wildman–Crippen MR) is 85.6 cm³/mol. The summed E-state index contributed by atoms with van der Waals surface area (Å²) in [4.78, 5) is 23.0. The van der Waals surface area contributed by atoms with Crippen molar-refractivity contribution >= 4 is 11.9 Å². The molecule has 2 N–H and O–H groups in total. The summed E-state index contributed by atoms with van der Waals surface area (Å²) in [6.07, 6.45) is 4.25. The van der Waals surface area contributed by atoms with Crippen LogP contribution in [0.2, 0.25) is 0 Å². The zero-order valence-corrected chi connectivity index (χ0v) is 14.1. The second-order valence-corrected chi connectivity index (χ2v) is 5.21. The minimum absolute atomic E-state index is 0.217. The Kier molecular flexibility index (Phi) is 16.2. The highest BCUT2D eigenvalue weighted by Gasteiger charge is 2.09. The van der Waals surface area contributed by atoms with Gasteiger partial charge < -0.3 is 15.1 Å². The first-order chi connectivity index (χ1) is 9.88. The molecule has 0 saturated carbocycles. The molecule has 0 fully saturated rings. The van der Waals surface area contributed by atoms with Gasteiger partial charge in [-0.05, 0) is 32.5 Å². The van der Waals surface area contributed by atoms with Crippen LogP contribution in [0.5, 0.6) is 0 Å². The third-order valence-corrected chi connectivity index (χ3v) is 3.54. The average molecular weight is 303 g/mol. The van der Waals surface area contributed by atoms with E-state index in [0.29, 0.717) is 12.8 Å². The number of nitrogens with zero attached hydrogens (tertiary/aromatic N) is 1. The molecule has 1 unspecified atom stereocenters. The van der Waals surface area contributed by atoms with Gasteiger partial charge in [-0.3, -0.25) is 9.59 Å². The number of rotatable bonds is 11. The van der Waals surface area contributed by atoms with Crippen molar-refractivity contribution < 1.29 is 19.8 Å². The summed E-state index contributed by atoms with van der Waals surface area (Å²) in [6.45, 7) is 11.8. The Morgan fingerprint density at radius 2 is 1.38 bits per heavy atom. The van der Waals surface area contributed by atoms with E-state index in [1.165, 1.54) is 19.6 Å². The van der Waals surface area contributed by atoms with Crippen molar-refractivity contribution in [1.82, 2.24) is 4.90 Å². The topological polar surface area (TPSA) is 77.8 Å². The fourth-order valence-corrected chi connectivity index (χ4v) is 1.87. The Balaban J connectivity index is 0. The molecule has 5 heteroatoms. The molecule has 0 spiro atoms. The maximum atomic E-state index is 10.4. The molecule has 0 bridgehead atoms. The molecule has 0 saturated heterocycles. The molecule has 5 nitrogen and oxygen atoms in total. The second kappa shape index (κ2) is 15.3. The summed E-state index contributed by atoms with van der Waals surface area (Å²) in [7, 11) is 0. The van der Waals surface area contributed by atoms with Gasteiger partial charge in [0.15, 0.2) is 0 Å². The molecule has 0 aliphatic rings. The van der Waals surface area contributed by atoms with Crippen LogP contribution < -0.4 is 0 Å². The van der Waals surface area contributed by atoms with Gasteiger partial charge in [0.2, 0.25) is 0 Å². The molecule has 0 rings (SSSR count). The van der Waals surface area contributed by atoms with Gasteiger partial charge in [0.05, 0.1) is 5.92 Å². The van der Waals surface area contributed by atoms with Crippen molar-refractivity contribution in [2.45, 2.75) is 66.2 Å². The van der Waals surface area contributed by atoms with Crippen LogP contribution in [-0.4, -0.2) is 46.7 Å². The molecular weight excluding hydrogens is 270 g/mol. The lowest BCUT2D eigenvalue weighted by Crippen LogP contribution is -2.21. The van der Waals surface area contributed by atoms with E-state index in [-0.39, 0.29) is 12.3 Å². The maximum Gasteiger partial charge on any atom is 0.306 e. The van der Waals surface area contributed by atoms with Gasteiger partial charge in [0, 0.05) is 6.42 Å². The Bertz CT molecular complexity index is 259. The summed E-state index contributed by atoms with van der Waals surface area (Å²) in [5.74, 6) is -1.80. The molecule has 0 radical (unpaired) electrons. The minimum atomic E-state index is -0.760. The normalized spacial score (nSPS) is 11.7. The van der Waals surface area contributed by atoms with E-state index in [0.717, 1.165) is 19.3 Å². The zero-order valence-electron chi connectivity index (χ0n) is 14.1. The number of carboxylic acids is 2. The van der Waals surface area contributed by atoms with Gasteiger partial charge in [-0.2, -0.15) is 0 Å². The van der Waals surface area contributed by atoms with Crippen molar-refractivity contribution in [3.05, 3.63) is 0 Å². The monoisotopic (exact) mass is 303 g/mol. The van der Waals surface area contributed by atoms with Crippen LogP contribution in [0, 0.1) is 5.92 Å². The van der Waals surface area contributed by atoms with Gasteiger partial charge in [0.25, 0.3) is 0 Å². The van der Waals surface area contributed by atoms with Crippen molar-refractivity contribution in [2.24, 2.45) is 5.92 Å². The van der Waals surface area contributed by atoms with E-state index < -0.39 is 11.9 Å². The summed E-state index contributed by atoms with van der Waals surface area (Å²) in [5, 5.41) is 16.9. The van der Waals surface area contributed by atoms with E-state index in [1.54, 1.807) is 6.92 Å². The molecule has 0 amide bonds. The third kappa shape index (κ3) is 16.8. The third-order valence-electron chi connectivity index (χ3n) is 3.54. The summed E-state index contributed by atoms with van der Waals surface area (Å²) in [5.41, 5.74) is 0. The Morgan fingerprint density at radius 1 is 0.905 bits per heavy atom. The number of unbranched alkanes of at least 4 members (excludes halogenated alkanes) is 3. The van der Waals surface area contributed by atoms with E-state index in [4.69, 9.17) is 10.2 Å². The minimum Gasteiger partial charge on any atom is -0.481 e. The Hall–Kier alpha value is -1.10. The average Bonchev–Trinajstić information content (AvgIpc) is 2.44. The van der Waals surface area contributed by atoms with E-state index in [2.05, 4.69) is 25.7 Å². The predicted octanol–water partition coefficient (Wildman–Crippen LogP) is 3.48. The highest BCUT2D eigenvalue weighted by molar-refractivity contribution is 5.69. The van der Waals surface area contributed by atoms with Gasteiger partial charge in [-0.15, -0.1) is 0 Å². The molecule has 1 atom stereocenters. The van der Waals surface area contributed by atoms with E-state index in [9.17, 15) is 9.59 Å². The quantitative estimate of drug-likeness (QED) is 0.571. The summed E-state index contributed by atoms with van der Waals surface area (Å²) < 4.78 is 0. The zero-order chi connectivity index (χ0) is 16.7. The highest BCUT2D eigenvalue weighted by Crippen LogP contribution is 2.11. The van der Waals surface area contributed by atoms with Crippen LogP contribution in [0.1, 0.15) is 66.2 Å². The molecular formula is C16H33NO4. The first-order valence-corrected chi connectivity index (χ1v) is 8.05. The number of carbonyl (C=O) groups is 2. The van der Waals surface area contributed by atoms with Crippen molar-refractivity contribution in [3.63, 3.8) is 0 Å². The van der Waals surface area contributed by atoms with Crippen LogP contribution in [0.4, 0.5) is 0 Å². The lowest BCUT2D eigenvalue weighted by atomic mass is 10.0. The van der Waals surface area contributed by atoms with Crippen LogP contribution >= 0.6 is 0 Å². The molecule has 0 heterocycles. The second-order valence-electron chi connectivity index (χ2n) is 5.21. The molecule has 0 aromatic heterocycles. The Morgan fingerprint density at radius 3 is 1.71 bits per heavy atom. The lowest BCUT2D eigenvalue weighted by Gasteiger charge is -2.13. The van der Waals surface area contributed by atoms with Crippen LogP contribution in [0.25, 0.3) is 0 Å². The molecule has 126 valence electrons. The van der Waals surface area contributed by atoms with Gasteiger partial charge in [0.1, 0.15) is 0 Å². The molecule has 0 aliphatic carbocycles. The van der Waals surface area contributed by atoms with Gasteiger partial charge in [-0.1, -0.05) is 47.0 Å². The summed E-state index contributed by atoms with van der Waals surface area (Å²) in [6, 6.07) is 0. The molecule has 21 heavy (non-hydrogen) atoms. The van der Waals surface area contributed by atoms with Crippen molar-refractivity contribution in [3.8, 4) is 0 Å². The lowest BCUT2D eigenvalue weighted by molar-refractivity contribution is -0.141. The number of carboxylic acid groups (broad SMARTS) is 2. The summed E-state index contributed by atoms with van der Waals surface area (Å²) >= 11 is 0. The SMILES string of the molecule is CC(CCCCCCC(=O)O)C(=O)O.CCN(CC)CC. The van der Waals surface area contributed by atoms with Crippen LogP contribution in [0.3, 0.4) is 0 Å². The molecule has 0 aromatic carbocycles. The van der Waals surface area contributed by atoms with Crippen LogP contribution in [0.15, 0.2) is 0 Å². The Labute approximate surface area is 129 Å². The standard InChI is InChI=1S/C10H18O4.C6H15N/c1-8(10(13)14)6-4-2-3-5-7-9(11)12;1-4-7(5-2)6-3/h8H,2-7H2,1H3,(H,11,12)(H,13,14);4-6H2,1-3H3. The molecule has 0 aromatic rings. The smallest absolute Gasteiger partial charge is 0.306 e. The van der Waals surface area contributed by atoms with Crippen molar-refractivity contribution in [2.75, 3.05) is 19.6 Å². The fourth-order valence-electron chi connectivity index (χ4n) is 1.87. The first kappa shape index (κ1) is 22.2. The molecule has 0 aliphatic heterocycles.